The highest BCUT2D eigenvalue weighted by molar-refractivity contribution is 5.98. The second-order valence-electron chi connectivity index (χ2n) is 7.77. The molecule has 0 bridgehead atoms. The summed E-state index contributed by atoms with van der Waals surface area (Å²) in [6.45, 7) is 0.920. The third-order valence-electron chi connectivity index (χ3n) is 5.65. The second-order valence-corrected chi connectivity index (χ2v) is 7.77. The highest BCUT2D eigenvalue weighted by Crippen LogP contribution is 2.30. The summed E-state index contributed by atoms with van der Waals surface area (Å²) in [5, 5.41) is 0.513. The predicted octanol–water partition coefficient (Wildman–Crippen LogP) is 3.27. The van der Waals surface area contributed by atoms with Crippen LogP contribution in [-0.2, 0) is 4.79 Å². The molecule has 1 saturated heterocycles. The Morgan fingerprint density at radius 1 is 1.16 bits per heavy atom. The second kappa shape index (κ2) is 9.21. The number of benzene rings is 2. The number of likely N-dealkylation sites (tertiary alicyclic amines) is 1. The van der Waals surface area contributed by atoms with Crippen LogP contribution in [0.25, 0.3) is 10.9 Å². The van der Waals surface area contributed by atoms with Gasteiger partial charge in [-0.1, -0.05) is 0 Å². The molecular formula is C24H24FN3O4. The number of fused-ring (bicyclic) bond motifs is 1. The lowest BCUT2D eigenvalue weighted by Gasteiger charge is -2.33. The number of hydrogen-bond donors (Lipinski definition) is 1. The first-order chi connectivity index (χ1) is 15.4. The van der Waals surface area contributed by atoms with Gasteiger partial charge in [-0.25, -0.2) is 4.39 Å². The van der Waals surface area contributed by atoms with Crippen LogP contribution >= 0.6 is 0 Å². The summed E-state index contributed by atoms with van der Waals surface area (Å²) in [6, 6.07) is 12.8. The zero-order chi connectivity index (χ0) is 22.7. The van der Waals surface area contributed by atoms with Crippen molar-refractivity contribution in [3.63, 3.8) is 0 Å². The number of pyridine rings is 1. The lowest BCUT2D eigenvalue weighted by atomic mass is 9.90. The zero-order valence-corrected chi connectivity index (χ0v) is 17.7. The molecule has 1 aromatic heterocycles. The summed E-state index contributed by atoms with van der Waals surface area (Å²) >= 11 is 0. The number of carbonyl (C=O) groups excluding carboxylic acids is 2. The van der Waals surface area contributed by atoms with Gasteiger partial charge in [0, 0.05) is 24.4 Å². The minimum atomic E-state index is -0.620. The quantitative estimate of drug-likeness (QED) is 0.639. The van der Waals surface area contributed by atoms with Crippen molar-refractivity contribution in [1.82, 2.24) is 9.88 Å². The number of nitrogens with zero attached hydrogens (tertiary/aromatic N) is 2. The van der Waals surface area contributed by atoms with Crippen LogP contribution in [0.15, 0.2) is 48.5 Å². The summed E-state index contributed by atoms with van der Waals surface area (Å²) in [7, 11) is 1.58. The number of carbonyl (C=O) groups is 2. The predicted molar refractivity (Wildman–Crippen MR) is 117 cm³/mol. The van der Waals surface area contributed by atoms with Gasteiger partial charge in [0.25, 0.3) is 11.8 Å². The Balaban J connectivity index is 1.49. The molecule has 1 aliphatic rings. The molecule has 8 heteroatoms. The maximum absolute atomic E-state index is 13.6. The van der Waals surface area contributed by atoms with E-state index in [1.165, 1.54) is 12.1 Å². The maximum Gasteiger partial charge on any atom is 0.260 e. The summed E-state index contributed by atoms with van der Waals surface area (Å²) < 4.78 is 24.3. The molecule has 166 valence electrons. The van der Waals surface area contributed by atoms with Crippen molar-refractivity contribution < 1.29 is 23.5 Å². The number of rotatable bonds is 6. The monoisotopic (exact) mass is 437 g/mol. The average Bonchev–Trinajstić information content (AvgIpc) is 2.82. The molecule has 2 N–H and O–H groups in total. The molecule has 1 fully saturated rings. The van der Waals surface area contributed by atoms with Crippen molar-refractivity contribution in [1.29, 1.82) is 0 Å². The van der Waals surface area contributed by atoms with E-state index in [-0.39, 0.29) is 24.0 Å². The Morgan fingerprint density at radius 3 is 2.62 bits per heavy atom. The largest absolute Gasteiger partial charge is 0.497 e. The zero-order valence-electron chi connectivity index (χ0n) is 17.7. The molecule has 0 spiro atoms. The van der Waals surface area contributed by atoms with E-state index in [1.54, 1.807) is 48.4 Å². The highest BCUT2D eigenvalue weighted by Gasteiger charge is 2.29. The molecule has 2 amide bonds. The van der Waals surface area contributed by atoms with Gasteiger partial charge in [0.05, 0.1) is 23.9 Å². The normalized spacial score (nSPS) is 16.1. The molecule has 2 aromatic carbocycles. The topological polar surface area (TPSA) is 94.8 Å². The number of hydrogen-bond acceptors (Lipinski definition) is 5. The first-order valence-corrected chi connectivity index (χ1v) is 10.4. The number of primary amides is 1. The summed E-state index contributed by atoms with van der Waals surface area (Å²) in [4.78, 5) is 31.2. The SMILES string of the molecule is COc1ccc(OCC(=O)N2CCC[C@@H](c3nc4ccc(F)cc4cc3C(N)=O)C2)cc1. The van der Waals surface area contributed by atoms with Gasteiger partial charge >= 0.3 is 0 Å². The molecule has 0 radical (unpaired) electrons. The van der Waals surface area contributed by atoms with Crippen LogP contribution in [0, 0.1) is 5.82 Å². The van der Waals surface area contributed by atoms with Crippen molar-refractivity contribution in [3.8, 4) is 11.5 Å². The van der Waals surface area contributed by atoms with Gasteiger partial charge in [-0.3, -0.25) is 14.6 Å². The molecule has 3 aromatic rings. The Bertz CT molecular complexity index is 1150. The Hall–Kier alpha value is -3.68. The fourth-order valence-corrected chi connectivity index (χ4v) is 4.01. The van der Waals surface area contributed by atoms with E-state index >= 15 is 0 Å². The molecular weight excluding hydrogens is 413 g/mol. The maximum atomic E-state index is 13.6. The fraction of sp³-hybridized carbons (Fsp3) is 0.292. The Morgan fingerprint density at radius 2 is 1.91 bits per heavy atom. The van der Waals surface area contributed by atoms with E-state index < -0.39 is 11.7 Å². The van der Waals surface area contributed by atoms with E-state index in [2.05, 4.69) is 4.98 Å². The summed E-state index contributed by atoms with van der Waals surface area (Å²) in [6.07, 6.45) is 1.53. The minimum absolute atomic E-state index is 0.0911. The van der Waals surface area contributed by atoms with Gasteiger partial charge in [-0.2, -0.15) is 0 Å². The van der Waals surface area contributed by atoms with E-state index in [1.807, 2.05) is 0 Å². The fourth-order valence-electron chi connectivity index (χ4n) is 4.01. The van der Waals surface area contributed by atoms with Gasteiger partial charge in [-0.15, -0.1) is 0 Å². The Labute approximate surface area is 184 Å². The van der Waals surface area contributed by atoms with Crippen LogP contribution in [0.1, 0.15) is 34.8 Å². The third kappa shape index (κ3) is 4.64. The van der Waals surface area contributed by atoms with Crippen molar-refractivity contribution >= 4 is 22.7 Å². The van der Waals surface area contributed by atoms with Gasteiger partial charge in [0.2, 0.25) is 0 Å². The summed E-state index contributed by atoms with van der Waals surface area (Å²) in [5.74, 6) is -0.0380. The van der Waals surface area contributed by atoms with E-state index in [0.717, 1.165) is 12.8 Å². The number of aromatic nitrogens is 1. The van der Waals surface area contributed by atoms with Crippen molar-refractivity contribution in [2.24, 2.45) is 5.73 Å². The first-order valence-electron chi connectivity index (χ1n) is 10.4. The minimum Gasteiger partial charge on any atom is -0.497 e. The first kappa shape index (κ1) is 21.5. The molecule has 1 aliphatic heterocycles. The number of nitrogens with two attached hydrogens (primary N) is 1. The lowest BCUT2D eigenvalue weighted by molar-refractivity contribution is -0.134. The molecule has 0 unspecified atom stereocenters. The van der Waals surface area contributed by atoms with Crippen LogP contribution in [0.5, 0.6) is 11.5 Å². The van der Waals surface area contributed by atoms with Crippen LogP contribution in [0.2, 0.25) is 0 Å². The number of amides is 2. The van der Waals surface area contributed by atoms with Crippen LogP contribution < -0.4 is 15.2 Å². The highest BCUT2D eigenvalue weighted by atomic mass is 19.1. The molecule has 7 nitrogen and oxygen atoms in total. The van der Waals surface area contributed by atoms with Gasteiger partial charge < -0.3 is 20.1 Å². The molecule has 0 aliphatic carbocycles. The Kier molecular flexibility index (Phi) is 6.20. The number of ether oxygens (including phenoxy) is 2. The molecule has 32 heavy (non-hydrogen) atoms. The lowest BCUT2D eigenvalue weighted by Crippen LogP contribution is -2.42. The molecule has 2 heterocycles. The van der Waals surface area contributed by atoms with Crippen molar-refractivity contribution in [2.45, 2.75) is 18.8 Å². The van der Waals surface area contributed by atoms with E-state index in [9.17, 15) is 14.0 Å². The molecule has 1 atom stereocenters. The number of methoxy groups -OCH3 is 1. The smallest absolute Gasteiger partial charge is 0.260 e. The van der Waals surface area contributed by atoms with Gasteiger partial charge in [0.15, 0.2) is 6.61 Å². The average molecular weight is 437 g/mol. The van der Waals surface area contributed by atoms with E-state index in [0.29, 0.717) is 41.2 Å². The number of piperidine rings is 1. The van der Waals surface area contributed by atoms with Crippen LogP contribution in [-0.4, -0.2) is 48.5 Å². The summed E-state index contributed by atoms with van der Waals surface area (Å²) in [5.41, 5.74) is 6.98. The van der Waals surface area contributed by atoms with Crippen LogP contribution in [0.4, 0.5) is 4.39 Å². The number of halogens is 1. The molecule has 0 saturated carbocycles. The van der Waals surface area contributed by atoms with Gasteiger partial charge in [0.1, 0.15) is 17.3 Å². The standard InChI is InChI=1S/C24H24FN3O4/c1-31-18-5-7-19(8-6-18)32-14-22(29)28-10-2-3-15(13-28)23-20(24(26)30)12-16-11-17(25)4-9-21(16)27-23/h4-9,11-12,15H,2-3,10,13-14H2,1H3,(H2,26,30)/t15-/m1/s1. The molecule has 4 rings (SSSR count). The van der Waals surface area contributed by atoms with Crippen molar-refractivity contribution in [2.75, 3.05) is 26.8 Å². The van der Waals surface area contributed by atoms with Crippen molar-refractivity contribution in [3.05, 3.63) is 65.6 Å². The third-order valence-corrected chi connectivity index (χ3v) is 5.65. The van der Waals surface area contributed by atoms with Gasteiger partial charge in [-0.05, 0) is 61.4 Å². The van der Waals surface area contributed by atoms with E-state index in [4.69, 9.17) is 15.2 Å². The van der Waals surface area contributed by atoms with Crippen LogP contribution in [0.3, 0.4) is 0 Å².